The van der Waals surface area contributed by atoms with Gasteiger partial charge in [-0.1, -0.05) is 110 Å². The summed E-state index contributed by atoms with van der Waals surface area (Å²) in [4.78, 5) is 2.34. The molecule has 0 fully saturated rings. The van der Waals surface area contributed by atoms with Crippen LogP contribution in [0.5, 0.6) is 11.5 Å². The zero-order chi connectivity index (χ0) is 36.4. The third kappa shape index (κ3) is 6.06. The lowest BCUT2D eigenvalue weighted by Gasteiger charge is -2.34. The number of aryl methyl sites for hydroxylation is 2. The number of benzene rings is 7. The SMILES string of the molecule is CCCCc1ccc(N(c2ccccc2)c2ccc(-c3ccc4c(c3)C(c3ccc(OC)cc3)(c3ccc(OC)cc3)c3cccc(C)c3-4)cc2)cc1. The maximum atomic E-state index is 5.62. The van der Waals surface area contributed by atoms with Crippen LogP contribution in [-0.4, -0.2) is 14.2 Å². The van der Waals surface area contributed by atoms with Gasteiger partial charge in [0.15, 0.2) is 0 Å². The van der Waals surface area contributed by atoms with Gasteiger partial charge in [0.2, 0.25) is 0 Å². The topological polar surface area (TPSA) is 21.7 Å². The predicted octanol–water partition coefficient (Wildman–Crippen LogP) is 12.9. The Kier molecular flexibility index (Phi) is 9.33. The molecule has 0 saturated carbocycles. The van der Waals surface area contributed by atoms with Crippen LogP contribution in [0.4, 0.5) is 17.1 Å². The third-order valence-corrected chi connectivity index (χ3v) is 10.9. The van der Waals surface area contributed by atoms with E-state index in [1.54, 1.807) is 14.2 Å². The largest absolute Gasteiger partial charge is 0.497 e. The third-order valence-electron chi connectivity index (χ3n) is 10.9. The summed E-state index contributed by atoms with van der Waals surface area (Å²) in [5.41, 5.74) is 15.4. The first kappa shape index (κ1) is 34.0. The molecule has 0 heterocycles. The molecule has 0 bridgehead atoms. The van der Waals surface area contributed by atoms with Gasteiger partial charge in [-0.25, -0.2) is 0 Å². The maximum absolute atomic E-state index is 5.62. The summed E-state index contributed by atoms with van der Waals surface area (Å²) in [6.45, 7) is 4.47. The second-order valence-electron chi connectivity index (χ2n) is 14.0. The lowest BCUT2D eigenvalue weighted by atomic mass is 9.67. The first-order valence-corrected chi connectivity index (χ1v) is 18.6. The van der Waals surface area contributed by atoms with Gasteiger partial charge in [0.1, 0.15) is 11.5 Å². The number of nitrogens with zero attached hydrogens (tertiary/aromatic N) is 1. The van der Waals surface area contributed by atoms with Gasteiger partial charge in [-0.2, -0.15) is 0 Å². The van der Waals surface area contributed by atoms with Crippen molar-refractivity contribution in [3.8, 4) is 33.8 Å². The van der Waals surface area contributed by atoms with Crippen LogP contribution in [0.25, 0.3) is 22.3 Å². The number of para-hydroxylation sites is 1. The molecule has 0 N–H and O–H groups in total. The number of fused-ring (bicyclic) bond motifs is 3. The fourth-order valence-electron chi connectivity index (χ4n) is 8.23. The van der Waals surface area contributed by atoms with Gasteiger partial charge < -0.3 is 14.4 Å². The molecular formula is C50H45NO2. The van der Waals surface area contributed by atoms with Gasteiger partial charge in [0.05, 0.1) is 19.6 Å². The smallest absolute Gasteiger partial charge is 0.118 e. The van der Waals surface area contributed by atoms with Gasteiger partial charge in [-0.15, -0.1) is 0 Å². The van der Waals surface area contributed by atoms with E-state index < -0.39 is 5.41 Å². The average molecular weight is 692 g/mol. The number of methoxy groups -OCH3 is 2. The van der Waals surface area contributed by atoms with Gasteiger partial charge in [0.25, 0.3) is 0 Å². The second kappa shape index (κ2) is 14.5. The fourth-order valence-corrected chi connectivity index (χ4v) is 8.23. The fraction of sp³-hybridized carbons (Fsp3) is 0.160. The normalized spacial score (nSPS) is 12.5. The van der Waals surface area contributed by atoms with Crippen molar-refractivity contribution in [1.29, 1.82) is 0 Å². The van der Waals surface area contributed by atoms with Crippen molar-refractivity contribution in [2.75, 3.05) is 19.1 Å². The summed E-state index contributed by atoms with van der Waals surface area (Å²) >= 11 is 0. The molecule has 0 unspecified atom stereocenters. The van der Waals surface area contributed by atoms with Crippen LogP contribution >= 0.6 is 0 Å². The van der Waals surface area contributed by atoms with Crippen molar-refractivity contribution < 1.29 is 9.47 Å². The number of unbranched alkanes of at least 4 members (excludes halogenated alkanes) is 1. The van der Waals surface area contributed by atoms with Crippen molar-refractivity contribution >= 4 is 17.1 Å². The highest BCUT2D eigenvalue weighted by atomic mass is 16.5. The molecule has 7 aromatic carbocycles. The van der Waals surface area contributed by atoms with Crippen molar-refractivity contribution in [3.05, 3.63) is 197 Å². The molecule has 1 aliphatic carbocycles. The van der Waals surface area contributed by atoms with Crippen LogP contribution in [0.1, 0.15) is 53.1 Å². The van der Waals surface area contributed by atoms with Gasteiger partial charge in [0, 0.05) is 17.1 Å². The molecule has 3 heteroatoms. The van der Waals surface area contributed by atoms with E-state index in [9.17, 15) is 0 Å². The summed E-state index contributed by atoms with van der Waals surface area (Å²) in [5.74, 6) is 1.68. The highest BCUT2D eigenvalue weighted by Gasteiger charge is 2.46. The van der Waals surface area contributed by atoms with Gasteiger partial charge in [-0.05, 0) is 142 Å². The van der Waals surface area contributed by atoms with E-state index in [2.05, 4.69) is 183 Å². The standard InChI is InChI=1S/C50H45NO2/c1-5-6-12-36-16-25-42(26-17-36)51(41-13-8-7-9-14-41)43-27-18-37(19-28-43)38-20-33-46-48(34-38)50(39-21-29-44(52-3)30-22-39,40-23-31-45(53-4)32-24-40)47-15-10-11-35(2)49(46)47/h7-11,13-34H,5-6,12H2,1-4H3. The van der Waals surface area contributed by atoms with Crippen LogP contribution in [0.15, 0.2) is 164 Å². The molecule has 0 radical (unpaired) electrons. The van der Waals surface area contributed by atoms with Crippen molar-refractivity contribution in [2.45, 2.75) is 38.5 Å². The molecule has 53 heavy (non-hydrogen) atoms. The predicted molar refractivity (Wildman–Crippen MR) is 220 cm³/mol. The Bertz CT molecular complexity index is 2280. The lowest BCUT2D eigenvalue weighted by molar-refractivity contribution is 0.414. The lowest BCUT2D eigenvalue weighted by Crippen LogP contribution is -2.28. The van der Waals surface area contributed by atoms with Crippen LogP contribution in [0.2, 0.25) is 0 Å². The van der Waals surface area contributed by atoms with Gasteiger partial charge >= 0.3 is 0 Å². The molecule has 0 saturated heterocycles. The molecule has 262 valence electrons. The zero-order valence-electron chi connectivity index (χ0n) is 31.0. The molecule has 7 aromatic rings. The van der Waals surface area contributed by atoms with E-state index in [0.29, 0.717) is 0 Å². The van der Waals surface area contributed by atoms with E-state index in [-0.39, 0.29) is 0 Å². The van der Waals surface area contributed by atoms with E-state index in [1.165, 1.54) is 68.5 Å². The number of ether oxygens (including phenoxy) is 2. The van der Waals surface area contributed by atoms with Crippen molar-refractivity contribution in [2.24, 2.45) is 0 Å². The monoisotopic (exact) mass is 691 g/mol. The Labute approximate surface area is 314 Å². The molecular weight excluding hydrogens is 647 g/mol. The highest BCUT2D eigenvalue weighted by molar-refractivity contribution is 5.90. The maximum Gasteiger partial charge on any atom is 0.118 e. The highest BCUT2D eigenvalue weighted by Crippen LogP contribution is 2.58. The Balaban J connectivity index is 1.26. The van der Waals surface area contributed by atoms with E-state index in [0.717, 1.165) is 35.0 Å². The van der Waals surface area contributed by atoms with E-state index in [4.69, 9.17) is 9.47 Å². The molecule has 1 aliphatic rings. The Morgan fingerprint density at radius 2 is 1.09 bits per heavy atom. The minimum Gasteiger partial charge on any atom is -0.497 e. The summed E-state index contributed by atoms with van der Waals surface area (Å²) in [6, 6.07) is 59.7. The molecule has 0 aromatic heterocycles. The minimum absolute atomic E-state index is 0.543. The summed E-state index contributed by atoms with van der Waals surface area (Å²) < 4.78 is 11.2. The van der Waals surface area contributed by atoms with Crippen LogP contribution in [0.3, 0.4) is 0 Å². The van der Waals surface area contributed by atoms with Crippen LogP contribution in [0, 0.1) is 6.92 Å². The first-order valence-electron chi connectivity index (χ1n) is 18.6. The van der Waals surface area contributed by atoms with Crippen molar-refractivity contribution in [1.82, 2.24) is 0 Å². The summed E-state index contributed by atoms with van der Waals surface area (Å²) in [7, 11) is 3.44. The quantitative estimate of drug-likeness (QED) is 0.135. The molecule has 0 spiro atoms. The molecule has 0 amide bonds. The zero-order valence-corrected chi connectivity index (χ0v) is 31.0. The van der Waals surface area contributed by atoms with E-state index in [1.807, 2.05) is 0 Å². The average Bonchev–Trinajstić information content (AvgIpc) is 3.52. The summed E-state index contributed by atoms with van der Waals surface area (Å²) in [6.07, 6.45) is 3.52. The Hall–Kier alpha value is -6.06. The Morgan fingerprint density at radius 1 is 0.528 bits per heavy atom. The summed E-state index contributed by atoms with van der Waals surface area (Å²) in [5, 5.41) is 0. The number of rotatable bonds is 11. The number of hydrogen-bond acceptors (Lipinski definition) is 3. The Morgan fingerprint density at radius 3 is 1.68 bits per heavy atom. The second-order valence-corrected chi connectivity index (χ2v) is 14.0. The van der Waals surface area contributed by atoms with Gasteiger partial charge in [-0.3, -0.25) is 0 Å². The van der Waals surface area contributed by atoms with Crippen LogP contribution < -0.4 is 14.4 Å². The molecule has 0 atom stereocenters. The van der Waals surface area contributed by atoms with Crippen molar-refractivity contribution in [3.63, 3.8) is 0 Å². The molecule has 8 rings (SSSR count). The van der Waals surface area contributed by atoms with Crippen LogP contribution in [-0.2, 0) is 11.8 Å². The minimum atomic E-state index is -0.543. The molecule has 0 aliphatic heterocycles. The number of anilines is 3. The number of hydrogen-bond donors (Lipinski definition) is 0. The molecule has 3 nitrogen and oxygen atoms in total. The van der Waals surface area contributed by atoms with E-state index >= 15 is 0 Å². The first-order chi connectivity index (χ1) is 26.0.